The van der Waals surface area contributed by atoms with Crippen LogP contribution in [0, 0.1) is 6.92 Å². The van der Waals surface area contributed by atoms with Crippen LogP contribution in [0.4, 0.5) is 11.4 Å². The zero-order valence-corrected chi connectivity index (χ0v) is 14.3. The molecule has 6 heteroatoms. The lowest BCUT2D eigenvalue weighted by Gasteiger charge is -2.11. The van der Waals surface area contributed by atoms with Gasteiger partial charge in [0.05, 0.1) is 10.7 Å². The Morgan fingerprint density at radius 3 is 2.42 bits per heavy atom. The Labute approximate surface area is 146 Å². The molecule has 0 heterocycles. The molecular formula is C18H19ClN2O3. The quantitative estimate of drug-likeness (QED) is 0.830. The molecule has 0 fully saturated rings. The van der Waals surface area contributed by atoms with Gasteiger partial charge in [0.25, 0.3) is 5.91 Å². The van der Waals surface area contributed by atoms with Gasteiger partial charge in [-0.25, -0.2) is 0 Å². The van der Waals surface area contributed by atoms with Gasteiger partial charge in [-0.3, -0.25) is 9.59 Å². The first-order valence-corrected chi connectivity index (χ1v) is 7.94. The molecule has 5 nitrogen and oxygen atoms in total. The van der Waals surface area contributed by atoms with E-state index in [0.29, 0.717) is 28.6 Å². The Morgan fingerprint density at radius 2 is 1.75 bits per heavy atom. The van der Waals surface area contributed by atoms with Gasteiger partial charge in [0.2, 0.25) is 5.91 Å². The van der Waals surface area contributed by atoms with E-state index in [1.165, 1.54) is 0 Å². The van der Waals surface area contributed by atoms with Crippen molar-refractivity contribution in [3.05, 3.63) is 53.1 Å². The fourth-order valence-electron chi connectivity index (χ4n) is 1.92. The lowest BCUT2D eigenvalue weighted by Crippen LogP contribution is -2.20. The van der Waals surface area contributed by atoms with Crippen molar-refractivity contribution >= 4 is 34.8 Å². The van der Waals surface area contributed by atoms with Gasteiger partial charge in [0.1, 0.15) is 5.75 Å². The van der Waals surface area contributed by atoms with Crippen LogP contribution in [0.5, 0.6) is 5.75 Å². The predicted octanol–water partition coefficient (Wildman–Crippen LogP) is 4.01. The number of benzene rings is 2. The molecule has 2 rings (SSSR count). The highest BCUT2D eigenvalue weighted by Gasteiger charge is 2.09. The predicted molar refractivity (Wildman–Crippen MR) is 95.7 cm³/mol. The summed E-state index contributed by atoms with van der Waals surface area (Å²) in [5.41, 5.74) is 2.11. The van der Waals surface area contributed by atoms with Crippen LogP contribution in [0.25, 0.3) is 0 Å². The van der Waals surface area contributed by atoms with Crippen LogP contribution in [0.3, 0.4) is 0 Å². The van der Waals surface area contributed by atoms with Gasteiger partial charge < -0.3 is 15.4 Å². The molecule has 126 valence electrons. The summed E-state index contributed by atoms with van der Waals surface area (Å²) in [7, 11) is 0. The molecule has 2 N–H and O–H groups in total. The number of halogens is 1. The first-order chi connectivity index (χ1) is 11.5. The number of hydrogen-bond acceptors (Lipinski definition) is 3. The monoisotopic (exact) mass is 346 g/mol. The first kappa shape index (κ1) is 17.8. The normalized spacial score (nSPS) is 10.1. The number of rotatable bonds is 6. The van der Waals surface area contributed by atoms with E-state index in [9.17, 15) is 9.59 Å². The molecule has 0 aromatic heterocycles. The smallest absolute Gasteiger partial charge is 0.262 e. The lowest BCUT2D eigenvalue weighted by atomic mass is 10.2. The standard InChI is InChI=1S/C18H19ClN2O3/c1-3-17(22)20-13-6-9-15(19)16(10-13)21-18(23)11-24-14-7-4-12(2)5-8-14/h4-10H,3,11H2,1-2H3,(H,20,22)(H,21,23). The Morgan fingerprint density at radius 1 is 1.04 bits per heavy atom. The number of amides is 2. The summed E-state index contributed by atoms with van der Waals surface area (Å²) in [6.45, 7) is 3.60. The minimum atomic E-state index is -0.337. The largest absolute Gasteiger partial charge is 0.484 e. The van der Waals surface area contributed by atoms with E-state index in [0.717, 1.165) is 5.56 Å². The van der Waals surface area contributed by atoms with Crippen molar-refractivity contribution in [1.29, 1.82) is 0 Å². The first-order valence-electron chi connectivity index (χ1n) is 7.56. The molecule has 24 heavy (non-hydrogen) atoms. The van der Waals surface area contributed by atoms with Crippen molar-refractivity contribution in [1.82, 2.24) is 0 Å². The van der Waals surface area contributed by atoms with Gasteiger partial charge in [0.15, 0.2) is 6.61 Å². The molecule has 0 radical (unpaired) electrons. The SMILES string of the molecule is CCC(=O)Nc1ccc(Cl)c(NC(=O)COc2ccc(C)cc2)c1. The Hall–Kier alpha value is -2.53. The molecule has 0 saturated carbocycles. The number of anilines is 2. The Balaban J connectivity index is 1.96. The van der Waals surface area contributed by atoms with Gasteiger partial charge in [0, 0.05) is 12.1 Å². The molecule has 0 aliphatic carbocycles. The summed E-state index contributed by atoms with van der Waals surface area (Å²) in [6.07, 6.45) is 0.370. The third kappa shape index (κ3) is 5.28. The van der Waals surface area contributed by atoms with Crippen LogP contribution < -0.4 is 15.4 Å². The number of carbonyl (C=O) groups excluding carboxylic acids is 2. The molecule has 2 aromatic carbocycles. The molecule has 0 unspecified atom stereocenters. The third-order valence-electron chi connectivity index (χ3n) is 3.24. The van der Waals surface area contributed by atoms with Crippen LogP contribution in [0.1, 0.15) is 18.9 Å². The molecular weight excluding hydrogens is 328 g/mol. The summed E-state index contributed by atoms with van der Waals surface area (Å²) in [6, 6.07) is 12.3. The molecule has 0 atom stereocenters. The summed E-state index contributed by atoms with van der Waals surface area (Å²) in [5.74, 6) is 0.166. The second kappa shape index (κ2) is 8.36. The number of ether oxygens (including phenoxy) is 1. The number of carbonyl (C=O) groups is 2. The van der Waals surface area contributed by atoms with Crippen molar-refractivity contribution in [2.24, 2.45) is 0 Å². The number of hydrogen-bond donors (Lipinski definition) is 2. The van der Waals surface area contributed by atoms with Crippen LogP contribution in [-0.2, 0) is 9.59 Å². The van der Waals surface area contributed by atoms with Crippen LogP contribution in [-0.4, -0.2) is 18.4 Å². The van der Waals surface area contributed by atoms with Gasteiger partial charge in [-0.1, -0.05) is 36.2 Å². The van der Waals surface area contributed by atoms with Gasteiger partial charge in [-0.15, -0.1) is 0 Å². The summed E-state index contributed by atoms with van der Waals surface area (Å²) in [5, 5.41) is 5.77. The van der Waals surface area contributed by atoms with E-state index in [1.807, 2.05) is 19.1 Å². The highest BCUT2D eigenvalue weighted by Crippen LogP contribution is 2.25. The average Bonchev–Trinajstić information content (AvgIpc) is 2.57. The van der Waals surface area contributed by atoms with Crippen molar-refractivity contribution < 1.29 is 14.3 Å². The van der Waals surface area contributed by atoms with Crippen LogP contribution in [0.2, 0.25) is 5.02 Å². The Kier molecular flexibility index (Phi) is 6.21. The van der Waals surface area contributed by atoms with Crippen molar-refractivity contribution in [2.75, 3.05) is 17.2 Å². The summed E-state index contributed by atoms with van der Waals surface area (Å²) >= 11 is 6.08. The second-order valence-corrected chi connectivity index (χ2v) is 5.65. The second-order valence-electron chi connectivity index (χ2n) is 5.25. The van der Waals surface area contributed by atoms with E-state index in [-0.39, 0.29) is 18.4 Å². The molecule has 0 bridgehead atoms. The molecule has 2 aromatic rings. The summed E-state index contributed by atoms with van der Waals surface area (Å²) < 4.78 is 5.42. The van der Waals surface area contributed by atoms with E-state index in [2.05, 4.69) is 10.6 Å². The number of nitrogens with one attached hydrogen (secondary N) is 2. The average molecular weight is 347 g/mol. The van der Waals surface area contributed by atoms with E-state index in [1.54, 1.807) is 37.3 Å². The highest BCUT2D eigenvalue weighted by atomic mass is 35.5. The maximum atomic E-state index is 12.0. The minimum Gasteiger partial charge on any atom is -0.484 e. The lowest BCUT2D eigenvalue weighted by molar-refractivity contribution is -0.118. The van der Waals surface area contributed by atoms with Gasteiger partial charge in [-0.2, -0.15) is 0 Å². The maximum absolute atomic E-state index is 12.0. The molecule has 0 aliphatic rings. The molecule has 0 saturated heterocycles. The minimum absolute atomic E-state index is 0.114. The molecule has 2 amide bonds. The fourth-order valence-corrected chi connectivity index (χ4v) is 2.08. The van der Waals surface area contributed by atoms with E-state index < -0.39 is 0 Å². The van der Waals surface area contributed by atoms with Crippen LogP contribution in [0.15, 0.2) is 42.5 Å². The molecule has 0 aliphatic heterocycles. The molecule has 0 spiro atoms. The van der Waals surface area contributed by atoms with Crippen LogP contribution >= 0.6 is 11.6 Å². The van der Waals surface area contributed by atoms with Crippen molar-refractivity contribution in [3.8, 4) is 5.75 Å². The van der Waals surface area contributed by atoms with E-state index >= 15 is 0 Å². The maximum Gasteiger partial charge on any atom is 0.262 e. The van der Waals surface area contributed by atoms with Crippen molar-refractivity contribution in [2.45, 2.75) is 20.3 Å². The fraction of sp³-hybridized carbons (Fsp3) is 0.222. The van der Waals surface area contributed by atoms with Crippen molar-refractivity contribution in [3.63, 3.8) is 0 Å². The van der Waals surface area contributed by atoms with Gasteiger partial charge in [-0.05, 0) is 37.3 Å². The highest BCUT2D eigenvalue weighted by molar-refractivity contribution is 6.33. The Bertz CT molecular complexity index is 730. The van der Waals surface area contributed by atoms with Gasteiger partial charge >= 0.3 is 0 Å². The zero-order chi connectivity index (χ0) is 17.5. The zero-order valence-electron chi connectivity index (χ0n) is 13.6. The third-order valence-corrected chi connectivity index (χ3v) is 3.57. The number of aryl methyl sites for hydroxylation is 1. The summed E-state index contributed by atoms with van der Waals surface area (Å²) in [4.78, 5) is 23.4. The topological polar surface area (TPSA) is 67.4 Å². The van der Waals surface area contributed by atoms with E-state index in [4.69, 9.17) is 16.3 Å².